The summed E-state index contributed by atoms with van der Waals surface area (Å²) in [4.78, 5) is 19.3. The number of carbonyl (C=O) groups excluding carboxylic acids is 1. The van der Waals surface area contributed by atoms with Crippen LogP contribution in [-0.2, 0) is 19.6 Å². The third-order valence-electron chi connectivity index (χ3n) is 5.30. The maximum Gasteiger partial charge on any atom is 0.259 e. The lowest BCUT2D eigenvalue weighted by Gasteiger charge is -2.16. The maximum atomic E-state index is 13.2. The summed E-state index contributed by atoms with van der Waals surface area (Å²) in [7, 11) is 1.79. The van der Waals surface area contributed by atoms with Gasteiger partial charge in [-0.25, -0.2) is 9.50 Å². The first-order valence-corrected chi connectivity index (χ1v) is 10.1. The van der Waals surface area contributed by atoms with Gasteiger partial charge in [0.15, 0.2) is 5.65 Å². The van der Waals surface area contributed by atoms with Crippen LogP contribution >= 0.6 is 0 Å². The second-order valence-electron chi connectivity index (χ2n) is 7.36. The van der Waals surface area contributed by atoms with Gasteiger partial charge in [0.05, 0.1) is 23.3 Å². The maximum absolute atomic E-state index is 13.2. The van der Waals surface area contributed by atoms with Crippen molar-refractivity contribution in [2.75, 3.05) is 7.05 Å². The van der Waals surface area contributed by atoms with Crippen molar-refractivity contribution >= 4 is 11.6 Å². The van der Waals surface area contributed by atoms with Gasteiger partial charge in [0.25, 0.3) is 5.91 Å². The van der Waals surface area contributed by atoms with E-state index in [1.807, 2.05) is 55.5 Å². The lowest BCUT2D eigenvalue weighted by atomic mass is 10.2. The van der Waals surface area contributed by atoms with Crippen LogP contribution in [0.5, 0.6) is 0 Å². The zero-order chi connectivity index (χ0) is 21.4. The van der Waals surface area contributed by atoms with Gasteiger partial charge in [-0.15, -0.1) is 0 Å². The van der Waals surface area contributed by atoms with Crippen molar-refractivity contribution in [2.45, 2.75) is 47.3 Å². The molecule has 0 spiro atoms. The van der Waals surface area contributed by atoms with E-state index in [-0.39, 0.29) is 5.91 Å². The van der Waals surface area contributed by atoms with E-state index in [4.69, 9.17) is 0 Å². The van der Waals surface area contributed by atoms with E-state index in [9.17, 15) is 4.79 Å². The topological polar surface area (TPSA) is 86.1 Å². The van der Waals surface area contributed by atoms with E-state index in [2.05, 4.69) is 20.3 Å². The van der Waals surface area contributed by atoms with Crippen LogP contribution in [0.1, 0.15) is 41.2 Å². The molecule has 0 aromatic carbocycles. The minimum atomic E-state index is -0.126. The van der Waals surface area contributed by atoms with Crippen molar-refractivity contribution in [1.82, 2.24) is 39.1 Å². The highest BCUT2D eigenvalue weighted by Crippen LogP contribution is 2.24. The van der Waals surface area contributed by atoms with Crippen molar-refractivity contribution < 1.29 is 4.79 Å². The Kier molecular flexibility index (Phi) is 5.11. The lowest BCUT2D eigenvalue weighted by molar-refractivity contribution is 0.0786. The molecule has 0 atom stereocenters. The zero-order valence-electron chi connectivity index (χ0n) is 18.0. The molecular formula is C21H26N8O. The molecule has 30 heavy (non-hydrogen) atoms. The molecule has 4 heterocycles. The van der Waals surface area contributed by atoms with Crippen LogP contribution in [0.15, 0.2) is 30.9 Å². The molecule has 0 fully saturated rings. The SMILES string of the molecule is CCn1cc(CN(C)C(=O)c2cnn3c(-c4cn(CC)nc4C)ccnc23)c(C)n1. The number of aryl methyl sites for hydroxylation is 4. The number of hydrogen-bond donors (Lipinski definition) is 0. The monoisotopic (exact) mass is 406 g/mol. The molecule has 4 aromatic heterocycles. The number of nitrogens with zero attached hydrogens (tertiary/aromatic N) is 8. The number of rotatable bonds is 6. The molecule has 9 heteroatoms. The second kappa shape index (κ2) is 7.74. The van der Waals surface area contributed by atoms with Gasteiger partial charge in [-0.2, -0.15) is 15.3 Å². The Morgan fingerprint density at radius 1 is 1.07 bits per heavy atom. The van der Waals surface area contributed by atoms with Crippen molar-refractivity contribution in [3.05, 3.63) is 53.4 Å². The van der Waals surface area contributed by atoms with E-state index < -0.39 is 0 Å². The molecule has 156 valence electrons. The fourth-order valence-electron chi connectivity index (χ4n) is 3.59. The molecule has 4 rings (SSSR count). The molecule has 4 aromatic rings. The first-order valence-electron chi connectivity index (χ1n) is 10.1. The van der Waals surface area contributed by atoms with Gasteiger partial charge in [-0.05, 0) is 33.8 Å². The molecule has 0 unspecified atom stereocenters. The quantitative estimate of drug-likeness (QED) is 0.491. The second-order valence-corrected chi connectivity index (χ2v) is 7.36. The average molecular weight is 406 g/mol. The summed E-state index contributed by atoms with van der Waals surface area (Å²) in [5.74, 6) is -0.126. The Hall–Kier alpha value is -3.49. The Labute approximate surface area is 174 Å². The summed E-state index contributed by atoms with van der Waals surface area (Å²) in [5, 5.41) is 13.4. The number of carbonyl (C=O) groups is 1. The fourth-order valence-corrected chi connectivity index (χ4v) is 3.59. The van der Waals surface area contributed by atoms with Gasteiger partial charge in [0.1, 0.15) is 5.56 Å². The molecule has 0 saturated heterocycles. The number of hydrogen-bond acceptors (Lipinski definition) is 5. The molecule has 0 aliphatic carbocycles. The minimum absolute atomic E-state index is 0.126. The smallest absolute Gasteiger partial charge is 0.259 e. The van der Waals surface area contributed by atoms with Gasteiger partial charge in [0.2, 0.25) is 0 Å². The van der Waals surface area contributed by atoms with E-state index in [1.165, 1.54) is 0 Å². The van der Waals surface area contributed by atoms with Crippen LogP contribution in [0.25, 0.3) is 16.9 Å². The normalized spacial score (nSPS) is 11.4. The largest absolute Gasteiger partial charge is 0.337 e. The van der Waals surface area contributed by atoms with Gasteiger partial charge < -0.3 is 4.90 Å². The van der Waals surface area contributed by atoms with Crippen molar-refractivity contribution in [3.8, 4) is 11.3 Å². The van der Waals surface area contributed by atoms with Crippen molar-refractivity contribution in [3.63, 3.8) is 0 Å². The zero-order valence-corrected chi connectivity index (χ0v) is 18.0. The molecule has 0 saturated carbocycles. The Bertz CT molecular complexity index is 1220. The summed E-state index contributed by atoms with van der Waals surface area (Å²) in [6.07, 6.45) is 7.28. The predicted octanol–water partition coefficient (Wildman–Crippen LogP) is 2.72. The van der Waals surface area contributed by atoms with E-state index >= 15 is 0 Å². The molecule has 1 amide bonds. The molecule has 9 nitrogen and oxygen atoms in total. The third-order valence-corrected chi connectivity index (χ3v) is 5.30. The molecule has 0 N–H and O–H groups in total. The summed E-state index contributed by atoms with van der Waals surface area (Å²) in [6.45, 7) is 10.1. The summed E-state index contributed by atoms with van der Waals surface area (Å²) >= 11 is 0. The predicted molar refractivity (Wildman–Crippen MR) is 113 cm³/mol. The lowest BCUT2D eigenvalue weighted by Crippen LogP contribution is -2.26. The van der Waals surface area contributed by atoms with Crippen LogP contribution in [0, 0.1) is 13.8 Å². The highest BCUT2D eigenvalue weighted by atomic mass is 16.2. The average Bonchev–Trinajstić information content (AvgIpc) is 3.44. The van der Waals surface area contributed by atoms with Gasteiger partial charge in [0, 0.05) is 56.4 Å². The van der Waals surface area contributed by atoms with E-state index in [1.54, 1.807) is 28.9 Å². The molecule has 0 aliphatic heterocycles. The Morgan fingerprint density at radius 3 is 2.43 bits per heavy atom. The molecule has 0 aliphatic rings. The standard InChI is InChI=1S/C21H26N8O/c1-6-27-12-16(14(3)24-27)11-26(5)21(30)17-10-23-29-19(8-9-22-20(17)29)18-13-28(7-2)25-15(18)4/h8-10,12-13H,6-7,11H2,1-5H3. The number of amides is 1. The van der Waals surface area contributed by atoms with Crippen LogP contribution in [0.4, 0.5) is 0 Å². The minimum Gasteiger partial charge on any atom is -0.337 e. The van der Waals surface area contributed by atoms with Crippen molar-refractivity contribution in [1.29, 1.82) is 0 Å². The van der Waals surface area contributed by atoms with Crippen LogP contribution in [0.2, 0.25) is 0 Å². The van der Waals surface area contributed by atoms with Crippen LogP contribution in [0.3, 0.4) is 0 Å². The number of aromatic nitrogens is 7. The summed E-state index contributed by atoms with van der Waals surface area (Å²) < 4.78 is 5.48. The van der Waals surface area contributed by atoms with Crippen LogP contribution < -0.4 is 0 Å². The highest BCUT2D eigenvalue weighted by molar-refractivity contribution is 5.99. The van der Waals surface area contributed by atoms with E-state index in [0.29, 0.717) is 17.8 Å². The van der Waals surface area contributed by atoms with E-state index in [0.717, 1.165) is 41.3 Å². The summed E-state index contributed by atoms with van der Waals surface area (Å²) in [5.41, 5.74) is 5.71. The Balaban J connectivity index is 1.67. The van der Waals surface area contributed by atoms with Gasteiger partial charge in [-0.3, -0.25) is 14.2 Å². The highest BCUT2D eigenvalue weighted by Gasteiger charge is 2.21. The van der Waals surface area contributed by atoms with Crippen LogP contribution in [-0.4, -0.2) is 52.0 Å². The Morgan fingerprint density at radius 2 is 1.77 bits per heavy atom. The molecule has 0 bridgehead atoms. The first kappa shape index (κ1) is 19.8. The fraction of sp³-hybridized carbons (Fsp3) is 0.381. The molecule has 0 radical (unpaired) electrons. The van der Waals surface area contributed by atoms with Crippen molar-refractivity contribution in [2.24, 2.45) is 0 Å². The summed E-state index contributed by atoms with van der Waals surface area (Å²) in [6, 6.07) is 1.89. The number of fused-ring (bicyclic) bond motifs is 1. The third kappa shape index (κ3) is 3.36. The van der Waals surface area contributed by atoms with Gasteiger partial charge >= 0.3 is 0 Å². The first-order chi connectivity index (χ1) is 14.4. The van der Waals surface area contributed by atoms with Gasteiger partial charge in [-0.1, -0.05) is 0 Å². The molecular weight excluding hydrogens is 380 g/mol.